The summed E-state index contributed by atoms with van der Waals surface area (Å²) in [4.78, 5) is 11.0. The van der Waals surface area contributed by atoms with Crippen molar-refractivity contribution in [3.8, 4) is 0 Å². The van der Waals surface area contributed by atoms with Gasteiger partial charge in [0.1, 0.15) is 5.82 Å². The minimum absolute atomic E-state index is 0.0631. The van der Waals surface area contributed by atoms with Gasteiger partial charge in [-0.05, 0) is 30.2 Å². The first-order valence-electron chi connectivity index (χ1n) is 4.86. The Kier molecular flexibility index (Phi) is 2.58. The van der Waals surface area contributed by atoms with Crippen LogP contribution in [0.2, 0.25) is 0 Å². The molecular formula is C11H12FNO2. The summed E-state index contributed by atoms with van der Waals surface area (Å²) in [6.07, 6.45) is 0.313. The van der Waals surface area contributed by atoms with Gasteiger partial charge in [-0.2, -0.15) is 0 Å². The van der Waals surface area contributed by atoms with Crippen LogP contribution in [0.25, 0.3) is 0 Å². The lowest BCUT2D eigenvalue weighted by Gasteiger charge is -2.24. The SMILES string of the molecule is Cc1cc(F)ccc1[C@@H]1CCOC(=O)N1. The zero-order valence-electron chi connectivity index (χ0n) is 8.42. The van der Waals surface area contributed by atoms with Gasteiger partial charge in [-0.3, -0.25) is 0 Å². The summed E-state index contributed by atoms with van der Waals surface area (Å²) in [5.74, 6) is -0.255. The third-order valence-electron chi connectivity index (χ3n) is 2.54. The number of aryl methyl sites for hydroxylation is 1. The maximum absolute atomic E-state index is 12.9. The standard InChI is InChI=1S/C11H12FNO2/c1-7-6-8(12)2-3-9(7)10-4-5-15-11(14)13-10/h2-3,6,10H,4-5H2,1H3,(H,13,14)/t10-/m0/s1. The third-order valence-corrected chi connectivity index (χ3v) is 2.54. The van der Waals surface area contributed by atoms with Crippen LogP contribution in [-0.2, 0) is 4.74 Å². The number of alkyl carbamates (subject to hydrolysis) is 1. The van der Waals surface area contributed by atoms with Crippen molar-refractivity contribution in [2.45, 2.75) is 19.4 Å². The molecule has 15 heavy (non-hydrogen) atoms. The monoisotopic (exact) mass is 209 g/mol. The summed E-state index contributed by atoms with van der Waals surface area (Å²) in [7, 11) is 0. The lowest BCUT2D eigenvalue weighted by Crippen LogP contribution is -2.35. The smallest absolute Gasteiger partial charge is 0.407 e. The molecule has 2 rings (SSSR count). The average Bonchev–Trinajstić information content (AvgIpc) is 2.17. The Morgan fingerprint density at radius 2 is 2.33 bits per heavy atom. The molecule has 0 saturated carbocycles. The average molecular weight is 209 g/mol. The summed E-state index contributed by atoms with van der Waals surface area (Å²) >= 11 is 0. The molecule has 1 aliphatic rings. The normalized spacial score (nSPS) is 20.7. The number of cyclic esters (lactones) is 1. The lowest BCUT2D eigenvalue weighted by atomic mass is 9.98. The first-order valence-corrected chi connectivity index (χ1v) is 4.86. The molecule has 0 aromatic heterocycles. The molecule has 1 fully saturated rings. The number of benzene rings is 1. The van der Waals surface area contributed by atoms with Gasteiger partial charge in [0.2, 0.25) is 0 Å². The fraction of sp³-hybridized carbons (Fsp3) is 0.364. The van der Waals surface area contributed by atoms with Gasteiger partial charge < -0.3 is 10.1 Å². The third kappa shape index (κ3) is 2.09. The largest absolute Gasteiger partial charge is 0.449 e. The number of hydrogen-bond acceptors (Lipinski definition) is 2. The molecule has 0 radical (unpaired) electrons. The second-order valence-electron chi connectivity index (χ2n) is 3.62. The second-order valence-corrected chi connectivity index (χ2v) is 3.62. The molecule has 1 aromatic rings. The number of rotatable bonds is 1. The van der Waals surface area contributed by atoms with Gasteiger partial charge in [-0.1, -0.05) is 6.07 Å². The molecule has 1 amide bonds. The molecule has 0 bridgehead atoms. The molecule has 0 spiro atoms. The molecule has 1 heterocycles. The van der Waals surface area contributed by atoms with Gasteiger partial charge in [0.15, 0.2) is 0 Å². The Labute approximate surface area is 87.2 Å². The van der Waals surface area contributed by atoms with Crippen molar-refractivity contribution in [2.75, 3.05) is 6.61 Å². The van der Waals surface area contributed by atoms with Gasteiger partial charge >= 0.3 is 6.09 Å². The number of hydrogen-bond donors (Lipinski definition) is 1. The molecule has 0 unspecified atom stereocenters. The van der Waals surface area contributed by atoms with E-state index in [1.54, 1.807) is 6.07 Å². The number of nitrogens with one attached hydrogen (secondary N) is 1. The Bertz CT molecular complexity index is 392. The van der Waals surface area contributed by atoms with E-state index in [0.717, 1.165) is 17.5 Å². The molecule has 1 aromatic carbocycles. The zero-order chi connectivity index (χ0) is 10.8. The van der Waals surface area contributed by atoms with Crippen LogP contribution in [-0.4, -0.2) is 12.7 Å². The number of halogens is 1. The van der Waals surface area contributed by atoms with Crippen LogP contribution >= 0.6 is 0 Å². The van der Waals surface area contributed by atoms with E-state index in [-0.39, 0.29) is 11.9 Å². The highest BCUT2D eigenvalue weighted by atomic mass is 19.1. The van der Waals surface area contributed by atoms with E-state index in [1.165, 1.54) is 12.1 Å². The Morgan fingerprint density at radius 1 is 1.53 bits per heavy atom. The van der Waals surface area contributed by atoms with Crippen molar-refractivity contribution in [3.63, 3.8) is 0 Å². The molecule has 0 aliphatic carbocycles. The van der Waals surface area contributed by atoms with E-state index < -0.39 is 6.09 Å². The molecule has 1 aliphatic heterocycles. The molecule has 80 valence electrons. The lowest BCUT2D eigenvalue weighted by molar-refractivity contribution is 0.115. The fourth-order valence-electron chi connectivity index (χ4n) is 1.79. The fourth-order valence-corrected chi connectivity index (χ4v) is 1.79. The van der Waals surface area contributed by atoms with E-state index in [1.807, 2.05) is 6.92 Å². The number of ether oxygens (including phenoxy) is 1. The van der Waals surface area contributed by atoms with E-state index in [4.69, 9.17) is 4.74 Å². The first-order chi connectivity index (χ1) is 7.16. The van der Waals surface area contributed by atoms with Crippen LogP contribution in [0.15, 0.2) is 18.2 Å². The first kappa shape index (κ1) is 9.96. The molecule has 4 heteroatoms. The molecular weight excluding hydrogens is 197 g/mol. The van der Waals surface area contributed by atoms with Gasteiger partial charge in [-0.15, -0.1) is 0 Å². The predicted octanol–water partition coefficient (Wildman–Crippen LogP) is 2.31. The molecule has 1 N–H and O–H groups in total. The highest BCUT2D eigenvalue weighted by Crippen LogP contribution is 2.23. The quantitative estimate of drug-likeness (QED) is 0.770. The topological polar surface area (TPSA) is 38.3 Å². The van der Waals surface area contributed by atoms with Crippen LogP contribution in [0.4, 0.5) is 9.18 Å². The molecule has 1 saturated heterocycles. The van der Waals surface area contributed by atoms with Crippen LogP contribution in [0.1, 0.15) is 23.6 Å². The summed E-state index contributed by atoms with van der Waals surface area (Å²) in [5.41, 5.74) is 1.80. The Morgan fingerprint density at radius 3 is 3.00 bits per heavy atom. The molecule has 3 nitrogen and oxygen atoms in total. The van der Waals surface area contributed by atoms with Crippen molar-refractivity contribution in [3.05, 3.63) is 35.1 Å². The number of carbonyl (C=O) groups excluding carboxylic acids is 1. The van der Waals surface area contributed by atoms with Crippen molar-refractivity contribution in [1.82, 2.24) is 5.32 Å². The van der Waals surface area contributed by atoms with E-state index in [0.29, 0.717) is 6.61 Å². The van der Waals surface area contributed by atoms with Crippen LogP contribution < -0.4 is 5.32 Å². The maximum atomic E-state index is 12.9. The van der Waals surface area contributed by atoms with Gasteiger partial charge in [-0.25, -0.2) is 9.18 Å². The number of carbonyl (C=O) groups is 1. The van der Waals surface area contributed by atoms with Crippen molar-refractivity contribution in [1.29, 1.82) is 0 Å². The summed E-state index contributed by atoms with van der Waals surface area (Å²) < 4.78 is 17.6. The Hall–Kier alpha value is -1.58. The predicted molar refractivity (Wildman–Crippen MR) is 53.0 cm³/mol. The Balaban J connectivity index is 2.24. The van der Waals surface area contributed by atoms with E-state index in [2.05, 4.69) is 5.32 Å². The van der Waals surface area contributed by atoms with Crippen molar-refractivity contribution in [2.24, 2.45) is 0 Å². The van der Waals surface area contributed by atoms with E-state index in [9.17, 15) is 9.18 Å². The number of amides is 1. The van der Waals surface area contributed by atoms with Crippen molar-refractivity contribution >= 4 is 6.09 Å². The van der Waals surface area contributed by atoms with Gasteiger partial charge in [0, 0.05) is 6.42 Å². The molecule has 1 atom stereocenters. The summed E-state index contributed by atoms with van der Waals surface area (Å²) in [5, 5.41) is 2.71. The van der Waals surface area contributed by atoms with Gasteiger partial charge in [0.25, 0.3) is 0 Å². The van der Waals surface area contributed by atoms with E-state index >= 15 is 0 Å². The minimum Gasteiger partial charge on any atom is -0.449 e. The maximum Gasteiger partial charge on any atom is 0.407 e. The second kappa shape index (κ2) is 3.88. The van der Waals surface area contributed by atoms with Crippen LogP contribution in [0.5, 0.6) is 0 Å². The van der Waals surface area contributed by atoms with Gasteiger partial charge in [0.05, 0.1) is 12.6 Å². The minimum atomic E-state index is -0.407. The summed E-state index contributed by atoms with van der Waals surface area (Å²) in [6, 6.07) is 4.52. The summed E-state index contributed by atoms with van der Waals surface area (Å²) in [6.45, 7) is 2.24. The highest BCUT2D eigenvalue weighted by molar-refractivity contribution is 5.68. The highest BCUT2D eigenvalue weighted by Gasteiger charge is 2.21. The zero-order valence-corrected chi connectivity index (χ0v) is 8.42. The van der Waals surface area contributed by atoms with Crippen LogP contribution in [0.3, 0.4) is 0 Å². The van der Waals surface area contributed by atoms with Crippen LogP contribution in [0, 0.1) is 12.7 Å². The van der Waals surface area contributed by atoms with Crippen molar-refractivity contribution < 1.29 is 13.9 Å².